The maximum absolute atomic E-state index is 11.0. The van der Waals surface area contributed by atoms with Gasteiger partial charge < -0.3 is 16.4 Å². The minimum Gasteiger partial charge on any atom is -0.366 e. The number of nitrogens with two attached hydrogens (primary N) is 1. The molecule has 0 fully saturated rings. The molecule has 0 atom stereocenters. The van der Waals surface area contributed by atoms with Gasteiger partial charge in [0.2, 0.25) is 5.91 Å². The van der Waals surface area contributed by atoms with Crippen molar-refractivity contribution >= 4 is 34.6 Å². The molecule has 0 saturated carbocycles. The third-order valence-corrected chi connectivity index (χ3v) is 3.40. The number of anilines is 2. The summed E-state index contributed by atoms with van der Waals surface area (Å²) in [6.45, 7) is 4.12. The highest BCUT2D eigenvalue weighted by Crippen LogP contribution is 2.15. The summed E-state index contributed by atoms with van der Waals surface area (Å²) in [5.74, 6) is -0.447. The first kappa shape index (κ1) is 15.0. The van der Waals surface area contributed by atoms with Gasteiger partial charge in [0.25, 0.3) is 0 Å². The van der Waals surface area contributed by atoms with Gasteiger partial charge in [0.1, 0.15) is 0 Å². The number of aryl methyl sites for hydroxylation is 2. The lowest BCUT2D eigenvalue weighted by molar-refractivity contribution is 0.100. The fraction of sp³-hybridized carbons (Fsp3) is 0.125. The Morgan fingerprint density at radius 3 is 2.10 bits per heavy atom. The molecule has 0 aliphatic heterocycles. The second-order valence-electron chi connectivity index (χ2n) is 4.82. The summed E-state index contributed by atoms with van der Waals surface area (Å²) < 4.78 is 0. The molecular weight excluding hydrogens is 282 g/mol. The predicted octanol–water partition coefficient (Wildman–Crippen LogP) is 3.21. The van der Waals surface area contributed by atoms with Crippen LogP contribution in [0.1, 0.15) is 21.5 Å². The molecule has 1 amide bonds. The Hall–Kier alpha value is -2.40. The van der Waals surface area contributed by atoms with E-state index in [1.807, 2.05) is 18.2 Å². The fourth-order valence-electron chi connectivity index (χ4n) is 1.83. The lowest BCUT2D eigenvalue weighted by Crippen LogP contribution is -2.19. The maximum Gasteiger partial charge on any atom is 0.248 e. The third-order valence-electron chi connectivity index (χ3n) is 3.19. The molecule has 2 aromatic carbocycles. The molecule has 2 rings (SSSR count). The molecule has 0 heterocycles. The van der Waals surface area contributed by atoms with Crippen molar-refractivity contribution in [1.82, 2.24) is 0 Å². The molecule has 0 radical (unpaired) electrons. The predicted molar refractivity (Wildman–Crippen MR) is 90.7 cm³/mol. The van der Waals surface area contributed by atoms with Crippen LogP contribution in [0.2, 0.25) is 0 Å². The molecule has 0 aliphatic rings. The number of rotatable bonds is 3. The standard InChI is InChI=1S/C16H17N3OS/c1-10-3-6-14(9-11(10)2)19-16(21)18-13-7-4-12(5-8-13)15(17)20/h3-9H,1-2H3,(H2,17,20)(H2,18,19,21). The number of amides is 1. The molecule has 0 unspecified atom stereocenters. The zero-order chi connectivity index (χ0) is 15.4. The van der Waals surface area contributed by atoms with Crippen LogP contribution in [-0.2, 0) is 0 Å². The van der Waals surface area contributed by atoms with Gasteiger partial charge >= 0.3 is 0 Å². The molecule has 108 valence electrons. The summed E-state index contributed by atoms with van der Waals surface area (Å²) in [5.41, 5.74) is 9.83. The maximum atomic E-state index is 11.0. The van der Waals surface area contributed by atoms with Gasteiger partial charge in [-0.25, -0.2) is 0 Å². The lowest BCUT2D eigenvalue weighted by Gasteiger charge is -2.12. The van der Waals surface area contributed by atoms with Crippen molar-refractivity contribution in [2.24, 2.45) is 5.73 Å². The topological polar surface area (TPSA) is 67.2 Å². The first-order chi connectivity index (χ1) is 9.95. The van der Waals surface area contributed by atoms with Crippen LogP contribution in [-0.4, -0.2) is 11.0 Å². The molecule has 0 aliphatic carbocycles. The minimum atomic E-state index is -0.447. The number of thiocarbonyl (C=S) groups is 1. The van der Waals surface area contributed by atoms with E-state index in [4.69, 9.17) is 18.0 Å². The van der Waals surface area contributed by atoms with E-state index in [2.05, 4.69) is 24.5 Å². The van der Waals surface area contributed by atoms with Gasteiger partial charge in [-0.3, -0.25) is 4.79 Å². The van der Waals surface area contributed by atoms with Crippen LogP contribution in [0.4, 0.5) is 11.4 Å². The second kappa shape index (κ2) is 6.37. The first-order valence-corrected chi connectivity index (χ1v) is 6.91. The van der Waals surface area contributed by atoms with Crippen molar-refractivity contribution in [1.29, 1.82) is 0 Å². The molecule has 2 aromatic rings. The first-order valence-electron chi connectivity index (χ1n) is 6.51. The SMILES string of the molecule is Cc1ccc(NC(=S)Nc2ccc(C(N)=O)cc2)cc1C. The number of primary amides is 1. The average Bonchev–Trinajstić information content (AvgIpc) is 2.43. The summed E-state index contributed by atoms with van der Waals surface area (Å²) in [6, 6.07) is 12.9. The van der Waals surface area contributed by atoms with Crippen LogP contribution < -0.4 is 16.4 Å². The van der Waals surface area contributed by atoms with Crippen molar-refractivity contribution in [2.75, 3.05) is 10.6 Å². The van der Waals surface area contributed by atoms with Crippen LogP contribution in [0.25, 0.3) is 0 Å². The van der Waals surface area contributed by atoms with E-state index in [0.29, 0.717) is 10.7 Å². The Morgan fingerprint density at radius 2 is 1.52 bits per heavy atom. The van der Waals surface area contributed by atoms with E-state index in [1.165, 1.54) is 11.1 Å². The Labute approximate surface area is 129 Å². The van der Waals surface area contributed by atoms with E-state index in [0.717, 1.165) is 11.4 Å². The molecule has 0 spiro atoms. The summed E-state index contributed by atoms with van der Waals surface area (Å²) >= 11 is 5.26. The number of hydrogen-bond acceptors (Lipinski definition) is 2. The van der Waals surface area contributed by atoms with E-state index >= 15 is 0 Å². The number of carbonyl (C=O) groups is 1. The lowest BCUT2D eigenvalue weighted by atomic mass is 10.1. The van der Waals surface area contributed by atoms with E-state index in [-0.39, 0.29) is 0 Å². The van der Waals surface area contributed by atoms with Crippen LogP contribution >= 0.6 is 12.2 Å². The monoisotopic (exact) mass is 299 g/mol. The summed E-state index contributed by atoms with van der Waals surface area (Å²) in [7, 11) is 0. The number of carbonyl (C=O) groups excluding carboxylic acids is 1. The smallest absolute Gasteiger partial charge is 0.248 e. The van der Waals surface area contributed by atoms with Gasteiger partial charge in [-0.15, -0.1) is 0 Å². The van der Waals surface area contributed by atoms with Crippen molar-refractivity contribution in [3.63, 3.8) is 0 Å². The fourth-order valence-corrected chi connectivity index (χ4v) is 2.07. The molecular formula is C16H17N3OS. The second-order valence-corrected chi connectivity index (χ2v) is 5.23. The Kier molecular flexibility index (Phi) is 4.55. The largest absolute Gasteiger partial charge is 0.366 e. The van der Waals surface area contributed by atoms with Crippen LogP contribution in [0.3, 0.4) is 0 Å². The normalized spacial score (nSPS) is 10.0. The van der Waals surface area contributed by atoms with E-state index in [9.17, 15) is 4.79 Å². The number of benzene rings is 2. The van der Waals surface area contributed by atoms with Crippen molar-refractivity contribution in [3.05, 3.63) is 59.2 Å². The number of hydrogen-bond donors (Lipinski definition) is 3. The van der Waals surface area contributed by atoms with E-state index < -0.39 is 5.91 Å². The highest BCUT2D eigenvalue weighted by atomic mass is 32.1. The molecule has 4 N–H and O–H groups in total. The van der Waals surface area contributed by atoms with Crippen molar-refractivity contribution in [3.8, 4) is 0 Å². The zero-order valence-corrected chi connectivity index (χ0v) is 12.8. The van der Waals surface area contributed by atoms with Crippen molar-refractivity contribution < 1.29 is 4.79 Å². The van der Waals surface area contributed by atoms with Crippen molar-refractivity contribution in [2.45, 2.75) is 13.8 Å². The van der Waals surface area contributed by atoms with Gasteiger partial charge in [-0.05, 0) is 73.6 Å². The van der Waals surface area contributed by atoms with Crippen LogP contribution in [0.15, 0.2) is 42.5 Å². The summed E-state index contributed by atoms with van der Waals surface area (Å²) in [5, 5.41) is 6.67. The Morgan fingerprint density at radius 1 is 0.952 bits per heavy atom. The summed E-state index contributed by atoms with van der Waals surface area (Å²) in [4.78, 5) is 11.0. The third kappa shape index (κ3) is 4.03. The number of nitrogens with one attached hydrogen (secondary N) is 2. The zero-order valence-electron chi connectivity index (χ0n) is 11.9. The highest BCUT2D eigenvalue weighted by molar-refractivity contribution is 7.80. The Balaban J connectivity index is 2.01. The Bertz CT molecular complexity index is 680. The summed E-state index contributed by atoms with van der Waals surface area (Å²) in [6.07, 6.45) is 0. The molecule has 5 heteroatoms. The molecule has 0 aromatic heterocycles. The van der Waals surface area contributed by atoms with Gasteiger partial charge in [0.05, 0.1) is 0 Å². The van der Waals surface area contributed by atoms with Gasteiger partial charge in [-0.2, -0.15) is 0 Å². The molecule has 0 saturated heterocycles. The average molecular weight is 299 g/mol. The van der Waals surface area contributed by atoms with Crippen LogP contribution in [0, 0.1) is 13.8 Å². The van der Waals surface area contributed by atoms with E-state index in [1.54, 1.807) is 24.3 Å². The van der Waals surface area contributed by atoms with Gasteiger partial charge in [0.15, 0.2) is 5.11 Å². The molecule has 4 nitrogen and oxygen atoms in total. The minimum absolute atomic E-state index is 0.447. The quantitative estimate of drug-likeness (QED) is 0.761. The van der Waals surface area contributed by atoms with Gasteiger partial charge in [0, 0.05) is 16.9 Å². The highest BCUT2D eigenvalue weighted by Gasteiger charge is 2.02. The van der Waals surface area contributed by atoms with Gasteiger partial charge in [-0.1, -0.05) is 6.07 Å². The molecule has 21 heavy (non-hydrogen) atoms. The molecule has 0 bridgehead atoms. The van der Waals surface area contributed by atoms with Crippen LogP contribution in [0.5, 0.6) is 0 Å².